The number of nitrogens with zero attached hydrogens (tertiary/aromatic N) is 7. The minimum Gasteiger partial charge on any atom is -0.489 e. The first-order valence-corrected chi connectivity index (χ1v) is 9.50. The molecule has 0 saturated carbocycles. The second-order valence-corrected chi connectivity index (χ2v) is 6.99. The van der Waals surface area contributed by atoms with Crippen LogP contribution >= 0.6 is 0 Å². The lowest BCUT2D eigenvalue weighted by Gasteiger charge is -2.14. The summed E-state index contributed by atoms with van der Waals surface area (Å²) in [6, 6.07) is 12.9. The van der Waals surface area contributed by atoms with E-state index in [4.69, 9.17) is 11.3 Å². The van der Waals surface area contributed by atoms with E-state index in [9.17, 15) is 4.79 Å². The number of ether oxygens (including phenoxy) is 1. The molecule has 0 spiro atoms. The molecular weight excluding hydrogens is 394 g/mol. The Morgan fingerprint density at radius 2 is 1.94 bits per heavy atom. The summed E-state index contributed by atoms with van der Waals surface area (Å²) >= 11 is 0. The molecule has 0 amide bonds. The third-order valence-electron chi connectivity index (χ3n) is 4.90. The van der Waals surface area contributed by atoms with E-state index in [2.05, 4.69) is 25.2 Å². The first-order chi connectivity index (χ1) is 15.0. The molecular formula is C22H19N7O2. The highest BCUT2D eigenvalue weighted by Gasteiger charge is 2.15. The molecule has 0 aliphatic carbocycles. The lowest BCUT2D eigenvalue weighted by Crippen LogP contribution is -2.23. The van der Waals surface area contributed by atoms with E-state index >= 15 is 0 Å². The van der Waals surface area contributed by atoms with Gasteiger partial charge in [-0.25, -0.2) is 9.78 Å². The zero-order chi connectivity index (χ0) is 22.0. The maximum absolute atomic E-state index is 12.3. The van der Waals surface area contributed by atoms with Crippen LogP contribution in [-0.4, -0.2) is 29.8 Å². The fraction of sp³-hybridized carbons (Fsp3) is 0.182. The number of hydrogen-bond acceptors (Lipinski definition) is 6. The summed E-state index contributed by atoms with van der Waals surface area (Å²) in [7, 11) is 1.56. The van der Waals surface area contributed by atoms with E-state index in [0.29, 0.717) is 23.1 Å². The predicted molar refractivity (Wildman–Crippen MR) is 114 cm³/mol. The SMILES string of the molecule is [C-]#[N+]c1ccnc(-c2ccc(OCc3c(C)cccc3-n3nnn(C)c3=O)c(C)c2)n1. The van der Waals surface area contributed by atoms with Gasteiger partial charge >= 0.3 is 5.69 Å². The lowest BCUT2D eigenvalue weighted by atomic mass is 10.1. The molecule has 0 aliphatic heterocycles. The van der Waals surface area contributed by atoms with E-state index in [1.165, 1.54) is 9.36 Å². The molecule has 0 bridgehead atoms. The molecule has 0 atom stereocenters. The van der Waals surface area contributed by atoms with Gasteiger partial charge < -0.3 is 9.58 Å². The molecule has 0 radical (unpaired) electrons. The van der Waals surface area contributed by atoms with Gasteiger partial charge in [0.2, 0.25) is 0 Å². The molecule has 31 heavy (non-hydrogen) atoms. The molecule has 0 fully saturated rings. The van der Waals surface area contributed by atoms with Gasteiger partial charge in [0.25, 0.3) is 11.6 Å². The van der Waals surface area contributed by atoms with Gasteiger partial charge in [-0.3, -0.25) is 0 Å². The second-order valence-electron chi connectivity index (χ2n) is 6.99. The van der Waals surface area contributed by atoms with Gasteiger partial charge in [-0.05, 0) is 65.7 Å². The predicted octanol–water partition coefficient (Wildman–Crippen LogP) is 3.17. The van der Waals surface area contributed by atoms with Crippen molar-refractivity contribution in [1.82, 2.24) is 29.8 Å². The number of hydrogen-bond donors (Lipinski definition) is 0. The Balaban J connectivity index is 1.61. The maximum atomic E-state index is 12.3. The molecule has 2 aromatic carbocycles. The standard InChI is InChI=1S/C22H19N7O2/c1-14-6-5-7-18(29-22(30)28(4)26-27-29)17(14)13-31-19-9-8-16(12-15(19)2)21-24-11-10-20(23-3)25-21/h5-12H,13H2,1-2,4H3. The van der Waals surface area contributed by atoms with Crippen LogP contribution in [0.3, 0.4) is 0 Å². The van der Waals surface area contributed by atoms with Crippen molar-refractivity contribution >= 4 is 5.82 Å². The first kappa shape index (κ1) is 20.0. The Morgan fingerprint density at radius 3 is 2.65 bits per heavy atom. The monoisotopic (exact) mass is 413 g/mol. The molecule has 2 aromatic heterocycles. The van der Waals surface area contributed by atoms with Crippen molar-refractivity contribution in [2.75, 3.05) is 0 Å². The van der Waals surface area contributed by atoms with Crippen LogP contribution in [0.4, 0.5) is 5.82 Å². The third kappa shape index (κ3) is 3.91. The maximum Gasteiger partial charge on any atom is 0.368 e. The molecule has 9 nitrogen and oxygen atoms in total. The highest BCUT2D eigenvalue weighted by molar-refractivity contribution is 5.60. The molecule has 0 aliphatic rings. The largest absolute Gasteiger partial charge is 0.489 e. The van der Waals surface area contributed by atoms with Crippen LogP contribution in [0.5, 0.6) is 5.75 Å². The average molecular weight is 413 g/mol. The molecule has 4 aromatic rings. The number of aryl methyl sites for hydroxylation is 3. The van der Waals surface area contributed by atoms with E-state index in [0.717, 1.165) is 22.3 Å². The summed E-state index contributed by atoms with van der Waals surface area (Å²) in [6.45, 7) is 11.3. The van der Waals surface area contributed by atoms with Crippen LogP contribution in [0.1, 0.15) is 16.7 Å². The second kappa shape index (κ2) is 8.20. The van der Waals surface area contributed by atoms with Crippen molar-refractivity contribution in [2.24, 2.45) is 7.05 Å². The smallest absolute Gasteiger partial charge is 0.368 e. The Hall–Kier alpha value is -4.32. The average Bonchev–Trinajstić information content (AvgIpc) is 3.11. The van der Waals surface area contributed by atoms with E-state index in [1.807, 2.05) is 50.2 Å². The minimum absolute atomic E-state index is 0.259. The number of rotatable bonds is 5. The Bertz CT molecular complexity index is 1370. The topological polar surface area (TPSA) is 92.1 Å². The van der Waals surface area contributed by atoms with Crippen LogP contribution in [0, 0.1) is 20.4 Å². The van der Waals surface area contributed by atoms with Crippen molar-refractivity contribution < 1.29 is 4.74 Å². The van der Waals surface area contributed by atoms with Crippen LogP contribution in [0.15, 0.2) is 53.5 Å². The van der Waals surface area contributed by atoms with Crippen molar-refractivity contribution in [3.05, 3.63) is 87.3 Å². The normalized spacial score (nSPS) is 10.6. The molecule has 4 rings (SSSR count). The summed E-state index contributed by atoms with van der Waals surface area (Å²) in [5, 5.41) is 7.74. The molecule has 0 N–H and O–H groups in total. The van der Waals surface area contributed by atoms with Crippen molar-refractivity contribution in [3.63, 3.8) is 0 Å². The molecule has 154 valence electrons. The van der Waals surface area contributed by atoms with E-state index in [-0.39, 0.29) is 12.3 Å². The Labute approximate surface area is 178 Å². The number of aromatic nitrogens is 6. The summed E-state index contributed by atoms with van der Waals surface area (Å²) in [6.07, 6.45) is 1.57. The Morgan fingerprint density at radius 1 is 1.10 bits per heavy atom. The molecule has 2 heterocycles. The summed E-state index contributed by atoms with van der Waals surface area (Å²) in [4.78, 5) is 24.1. The number of tetrazole rings is 1. The molecule has 0 saturated heterocycles. The quantitative estimate of drug-likeness (QED) is 0.467. The van der Waals surface area contributed by atoms with Crippen LogP contribution in [0.25, 0.3) is 21.9 Å². The van der Waals surface area contributed by atoms with E-state index < -0.39 is 0 Å². The van der Waals surface area contributed by atoms with Gasteiger partial charge in [-0.2, -0.15) is 9.36 Å². The lowest BCUT2D eigenvalue weighted by molar-refractivity contribution is 0.302. The van der Waals surface area contributed by atoms with E-state index in [1.54, 1.807) is 19.3 Å². The highest BCUT2D eigenvalue weighted by Crippen LogP contribution is 2.27. The van der Waals surface area contributed by atoms with Crippen LogP contribution < -0.4 is 10.4 Å². The zero-order valence-electron chi connectivity index (χ0n) is 17.3. The van der Waals surface area contributed by atoms with Gasteiger partial charge in [0, 0.05) is 24.4 Å². The van der Waals surface area contributed by atoms with Gasteiger partial charge in [0.15, 0.2) is 0 Å². The minimum atomic E-state index is -0.325. The van der Waals surface area contributed by atoms with Gasteiger partial charge in [0.05, 0.1) is 5.69 Å². The van der Waals surface area contributed by atoms with Crippen LogP contribution in [-0.2, 0) is 13.7 Å². The van der Waals surface area contributed by atoms with Crippen LogP contribution in [0.2, 0.25) is 0 Å². The molecule has 9 heteroatoms. The number of benzene rings is 2. The summed E-state index contributed by atoms with van der Waals surface area (Å²) < 4.78 is 8.54. The fourth-order valence-electron chi connectivity index (χ4n) is 3.19. The zero-order valence-corrected chi connectivity index (χ0v) is 17.3. The summed E-state index contributed by atoms with van der Waals surface area (Å²) in [5.74, 6) is 1.49. The molecule has 0 unspecified atom stereocenters. The van der Waals surface area contributed by atoms with Gasteiger partial charge in [-0.15, -0.1) is 0 Å². The third-order valence-corrected chi connectivity index (χ3v) is 4.90. The van der Waals surface area contributed by atoms with Crippen molar-refractivity contribution in [2.45, 2.75) is 20.5 Å². The van der Waals surface area contributed by atoms with Crippen molar-refractivity contribution in [1.29, 1.82) is 0 Å². The summed E-state index contributed by atoms with van der Waals surface area (Å²) in [5.41, 5.74) is 3.85. The Kier molecular flexibility index (Phi) is 5.28. The fourth-order valence-corrected chi connectivity index (χ4v) is 3.19. The van der Waals surface area contributed by atoms with Gasteiger partial charge in [-0.1, -0.05) is 23.7 Å². The first-order valence-electron chi connectivity index (χ1n) is 9.50. The van der Waals surface area contributed by atoms with Gasteiger partial charge in [0.1, 0.15) is 12.4 Å². The van der Waals surface area contributed by atoms with Crippen molar-refractivity contribution in [3.8, 4) is 22.8 Å². The highest BCUT2D eigenvalue weighted by atomic mass is 16.5.